The fourth-order valence-corrected chi connectivity index (χ4v) is 3.33. The molecule has 1 aromatic carbocycles. The molecule has 8 heteroatoms. The van der Waals surface area contributed by atoms with Crippen LogP contribution in [0.2, 0.25) is 0 Å². The molecule has 3 rings (SSSR count). The molecule has 0 saturated carbocycles. The highest BCUT2D eigenvalue weighted by Gasteiger charge is 2.21. The number of hydrogen-bond acceptors (Lipinski definition) is 5. The summed E-state index contributed by atoms with van der Waals surface area (Å²) in [6.07, 6.45) is 1.91. The van der Waals surface area contributed by atoms with Crippen molar-refractivity contribution in [3.63, 3.8) is 0 Å². The van der Waals surface area contributed by atoms with Crippen LogP contribution in [0, 0.1) is 0 Å². The van der Waals surface area contributed by atoms with E-state index in [0.29, 0.717) is 13.0 Å². The van der Waals surface area contributed by atoms with Crippen LogP contribution >= 0.6 is 0 Å². The van der Waals surface area contributed by atoms with Crippen LogP contribution in [0.3, 0.4) is 0 Å². The van der Waals surface area contributed by atoms with Gasteiger partial charge in [0.2, 0.25) is 11.8 Å². The molecule has 154 valence electrons. The number of quaternary nitrogens is 1. The van der Waals surface area contributed by atoms with Crippen LogP contribution in [0.15, 0.2) is 48.7 Å². The van der Waals surface area contributed by atoms with Gasteiger partial charge in [0.15, 0.2) is 0 Å². The number of nitrogens with zero attached hydrogens (tertiary/aromatic N) is 2. The summed E-state index contributed by atoms with van der Waals surface area (Å²) < 4.78 is 5.34. The molecule has 2 heterocycles. The van der Waals surface area contributed by atoms with Crippen molar-refractivity contribution in [2.45, 2.75) is 13.3 Å². The van der Waals surface area contributed by atoms with Gasteiger partial charge >= 0.3 is 0 Å². The number of nitrogens with one attached hydrogen (secondary N) is 3. The maximum absolute atomic E-state index is 12.3. The summed E-state index contributed by atoms with van der Waals surface area (Å²) in [6.45, 7) is 6.88. The van der Waals surface area contributed by atoms with Crippen molar-refractivity contribution in [2.75, 3.05) is 44.2 Å². The van der Waals surface area contributed by atoms with Gasteiger partial charge in [0.25, 0.3) is 5.91 Å². The molecular weight excluding hydrogens is 370 g/mol. The van der Waals surface area contributed by atoms with Gasteiger partial charge in [0, 0.05) is 11.9 Å². The first-order chi connectivity index (χ1) is 14.2. The van der Waals surface area contributed by atoms with E-state index in [2.05, 4.69) is 45.0 Å². The normalized spacial score (nSPS) is 14.3. The lowest BCUT2D eigenvalue weighted by Gasteiger charge is -2.33. The molecule has 0 spiro atoms. The van der Waals surface area contributed by atoms with E-state index in [4.69, 9.17) is 4.74 Å². The SMILES string of the molecule is CCOc1ncccc1C(=O)NNC(=O)CC[NH+]1CCN(c2ccccc2)CC1. The number of hydrazine groups is 1. The number of aromatic nitrogens is 1. The Morgan fingerprint density at radius 2 is 1.86 bits per heavy atom. The van der Waals surface area contributed by atoms with Crippen LogP contribution < -0.4 is 25.4 Å². The summed E-state index contributed by atoms with van der Waals surface area (Å²) in [6, 6.07) is 13.6. The van der Waals surface area contributed by atoms with E-state index >= 15 is 0 Å². The Balaban J connectivity index is 1.38. The van der Waals surface area contributed by atoms with Crippen LogP contribution in [0.5, 0.6) is 5.88 Å². The van der Waals surface area contributed by atoms with Gasteiger partial charge in [0.05, 0.1) is 45.8 Å². The summed E-state index contributed by atoms with van der Waals surface area (Å²) >= 11 is 0. The molecular formula is C21H28N5O3+. The lowest BCUT2D eigenvalue weighted by molar-refractivity contribution is -0.900. The van der Waals surface area contributed by atoms with Crippen LogP contribution in [0.25, 0.3) is 0 Å². The lowest BCUT2D eigenvalue weighted by atomic mass is 10.2. The van der Waals surface area contributed by atoms with Crippen molar-refractivity contribution >= 4 is 17.5 Å². The molecule has 0 bridgehead atoms. The second-order valence-electron chi connectivity index (χ2n) is 6.86. The Hall–Kier alpha value is -3.13. The third-order valence-corrected chi connectivity index (χ3v) is 4.91. The Bertz CT molecular complexity index is 807. The van der Waals surface area contributed by atoms with Crippen molar-refractivity contribution < 1.29 is 19.2 Å². The average Bonchev–Trinajstić information content (AvgIpc) is 2.77. The minimum atomic E-state index is -0.446. The van der Waals surface area contributed by atoms with Gasteiger partial charge in [-0.3, -0.25) is 20.4 Å². The second-order valence-corrected chi connectivity index (χ2v) is 6.86. The summed E-state index contributed by atoms with van der Waals surface area (Å²) in [4.78, 5) is 32.2. The first-order valence-electron chi connectivity index (χ1n) is 9.98. The first-order valence-corrected chi connectivity index (χ1v) is 9.98. The molecule has 1 aromatic heterocycles. The van der Waals surface area contributed by atoms with Crippen LogP contribution in [0.1, 0.15) is 23.7 Å². The van der Waals surface area contributed by atoms with E-state index < -0.39 is 5.91 Å². The van der Waals surface area contributed by atoms with Crippen molar-refractivity contribution in [3.8, 4) is 5.88 Å². The zero-order valence-corrected chi connectivity index (χ0v) is 16.7. The molecule has 3 N–H and O–H groups in total. The van der Waals surface area contributed by atoms with E-state index in [-0.39, 0.29) is 17.4 Å². The standard InChI is InChI=1S/C21H27N5O3/c1-2-29-21-18(9-6-11-22-21)20(28)24-23-19(27)10-12-25-13-15-26(16-14-25)17-7-4-3-5-8-17/h3-9,11H,2,10,12-16H2,1H3,(H,23,27)(H,24,28)/p+1. The molecule has 2 amide bonds. The highest BCUT2D eigenvalue weighted by molar-refractivity contribution is 5.97. The lowest BCUT2D eigenvalue weighted by Crippen LogP contribution is -3.15. The summed E-state index contributed by atoms with van der Waals surface area (Å²) in [5.74, 6) is -0.403. The molecule has 2 aromatic rings. The van der Waals surface area contributed by atoms with E-state index in [1.165, 1.54) is 10.6 Å². The highest BCUT2D eigenvalue weighted by atomic mass is 16.5. The van der Waals surface area contributed by atoms with Gasteiger partial charge in [-0.05, 0) is 31.2 Å². The first kappa shape index (κ1) is 20.6. The monoisotopic (exact) mass is 398 g/mol. The van der Waals surface area contributed by atoms with Gasteiger partial charge in [0.1, 0.15) is 5.56 Å². The third kappa shape index (κ3) is 5.92. The van der Waals surface area contributed by atoms with Crippen molar-refractivity contribution in [3.05, 3.63) is 54.2 Å². The largest absolute Gasteiger partial charge is 0.477 e. The van der Waals surface area contributed by atoms with Gasteiger partial charge < -0.3 is 14.5 Å². The van der Waals surface area contributed by atoms with E-state index in [1.807, 2.05) is 13.0 Å². The summed E-state index contributed by atoms with van der Waals surface area (Å²) in [5.41, 5.74) is 6.45. The molecule has 8 nitrogen and oxygen atoms in total. The second kappa shape index (κ2) is 10.4. The third-order valence-electron chi connectivity index (χ3n) is 4.91. The molecule has 1 saturated heterocycles. The minimum absolute atomic E-state index is 0.210. The van der Waals surface area contributed by atoms with E-state index in [9.17, 15) is 9.59 Å². The topological polar surface area (TPSA) is 88.0 Å². The number of ether oxygens (including phenoxy) is 1. The predicted molar refractivity (Wildman–Crippen MR) is 110 cm³/mol. The Labute approximate surface area is 170 Å². The molecule has 29 heavy (non-hydrogen) atoms. The van der Waals surface area contributed by atoms with Gasteiger partial charge in [-0.15, -0.1) is 0 Å². The Kier molecular flexibility index (Phi) is 7.40. The number of para-hydroxylation sites is 1. The van der Waals surface area contributed by atoms with Gasteiger partial charge in [-0.1, -0.05) is 18.2 Å². The smallest absolute Gasteiger partial charge is 0.275 e. The van der Waals surface area contributed by atoms with Gasteiger partial charge in [-0.25, -0.2) is 4.98 Å². The van der Waals surface area contributed by atoms with Crippen LogP contribution in [-0.4, -0.2) is 56.1 Å². The number of pyridine rings is 1. The molecule has 1 aliphatic heterocycles. The fourth-order valence-electron chi connectivity index (χ4n) is 3.33. The average molecular weight is 398 g/mol. The van der Waals surface area contributed by atoms with Crippen LogP contribution in [0.4, 0.5) is 5.69 Å². The zero-order chi connectivity index (χ0) is 20.5. The van der Waals surface area contributed by atoms with E-state index in [1.54, 1.807) is 18.3 Å². The van der Waals surface area contributed by atoms with Crippen LogP contribution in [-0.2, 0) is 4.79 Å². The summed E-state index contributed by atoms with van der Waals surface area (Å²) in [7, 11) is 0. The molecule has 0 atom stereocenters. The number of anilines is 1. The van der Waals surface area contributed by atoms with E-state index in [0.717, 1.165) is 32.7 Å². The highest BCUT2D eigenvalue weighted by Crippen LogP contribution is 2.14. The Morgan fingerprint density at radius 3 is 2.59 bits per heavy atom. The molecule has 0 radical (unpaired) electrons. The number of piperazine rings is 1. The van der Waals surface area contributed by atoms with Crippen molar-refractivity contribution in [2.24, 2.45) is 0 Å². The maximum Gasteiger partial charge on any atom is 0.275 e. The number of carbonyl (C=O) groups excluding carboxylic acids is 2. The zero-order valence-electron chi connectivity index (χ0n) is 16.7. The molecule has 1 fully saturated rings. The Morgan fingerprint density at radius 1 is 1.10 bits per heavy atom. The minimum Gasteiger partial charge on any atom is -0.477 e. The maximum atomic E-state index is 12.3. The number of carbonyl (C=O) groups is 2. The number of amides is 2. The quantitative estimate of drug-likeness (QED) is 0.573. The summed E-state index contributed by atoms with van der Waals surface area (Å²) in [5, 5.41) is 0. The molecule has 1 aliphatic rings. The number of benzene rings is 1. The van der Waals surface area contributed by atoms with Crippen molar-refractivity contribution in [1.29, 1.82) is 0 Å². The van der Waals surface area contributed by atoms with Crippen molar-refractivity contribution in [1.82, 2.24) is 15.8 Å². The number of hydrogen-bond donors (Lipinski definition) is 3. The predicted octanol–water partition coefficient (Wildman–Crippen LogP) is 0.0365. The number of rotatable bonds is 7. The molecule has 0 unspecified atom stereocenters. The fraction of sp³-hybridized carbons (Fsp3) is 0.381. The van der Waals surface area contributed by atoms with Gasteiger partial charge in [-0.2, -0.15) is 0 Å². The molecule has 0 aliphatic carbocycles.